The van der Waals surface area contributed by atoms with E-state index in [1.54, 1.807) is 7.11 Å². The van der Waals surface area contributed by atoms with Crippen molar-refractivity contribution >= 4 is 0 Å². The van der Waals surface area contributed by atoms with E-state index in [4.69, 9.17) is 14.8 Å². The first-order valence-corrected chi connectivity index (χ1v) is 11.8. The van der Waals surface area contributed by atoms with E-state index in [0.29, 0.717) is 5.92 Å². The molecule has 0 amide bonds. The second kappa shape index (κ2) is 10.6. The van der Waals surface area contributed by atoms with Crippen molar-refractivity contribution < 1.29 is 4.74 Å². The summed E-state index contributed by atoms with van der Waals surface area (Å²) in [5, 5.41) is 5.09. The summed E-state index contributed by atoms with van der Waals surface area (Å²) in [5.74, 6) is 1.32. The number of ether oxygens (including phenoxy) is 1. The standard InChI is InChI=1S/C29H33N3O/c1-4-23(5-2)21-27(33-3)28-30-22-32(31-28)29(24-15-9-6-10-16-24,25-17-11-7-12-18-25)26-19-13-8-14-20-26/h6-20,22-23,27H,4-5,21H2,1-3H3. The highest BCUT2D eigenvalue weighted by Gasteiger charge is 2.40. The third kappa shape index (κ3) is 4.49. The molecule has 1 atom stereocenters. The number of benzene rings is 3. The Hall–Kier alpha value is -3.24. The Labute approximate surface area is 197 Å². The third-order valence-electron chi connectivity index (χ3n) is 6.70. The van der Waals surface area contributed by atoms with Crippen LogP contribution in [0.1, 0.15) is 61.7 Å². The molecule has 0 fully saturated rings. The fourth-order valence-electron chi connectivity index (χ4n) is 4.75. The Balaban J connectivity index is 1.92. The molecule has 0 aliphatic heterocycles. The van der Waals surface area contributed by atoms with Crippen molar-refractivity contribution in [2.45, 2.75) is 44.8 Å². The van der Waals surface area contributed by atoms with E-state index < -0.39 is 5.54 Å². The predicted octanol–water partition coefficient (Wildman–Crippen LogP) is 6.63. The monoisotopic (exact) mass is 439 g/mol. The van der Waals surface area contributed by atoms with Gasteiger partial charge >= 0.3 is 0 Å². The van der Waals surface area contributed by atoms with Crippen LogP contribution in [0.15, 0.2) is 97.3 Å². The van der Waals surface area contributed by atoms with Crippen molar-refractivity contribution in [2.75, 3.05) is 7.11 Å². The van der Waals surface area contributed by atoms with Crippen LogP contribution < -0.4 is 0 Å². The zero-order valence-corrected chi connectivity index (χ0v) is 19.8. The van der Waals surface area contributed by atoms with Crippen molar-refractivity contribution in [3.63, 3.8) is 0 Å². The number of nitrogens with zero attached hydrogens (tertiary/aromatic N) is 3. The van der Waals surface area contributed by atoms with Gasteiger partial charge in [-0.15, -0.1) is 0 Å². The van der Waals surface area contributed by atoms with Crippen LogP contribution in [0.5, 0.6) is 0 Å². The van der Waals surface area contributed by atoms with Crippen molar-refractivity contribution in [1.82, 2.24) is 14.8 Å². The van der Waals surface area contributed by atoms with Crippen LogP contribution in [0.2, 0.25) is 0 Å². The summed E-state index contributed by atoms with van der Waals surface area (Å²) in [7, 11) is 1.76. The van der Waals surface area contributed by atoms with E-state index in [-0.39, 0.29) is 6.10 Å². The Morgan fingerprint density at radius 1 is 0.758 bits per heavy atom. The van der Waals surface area contributed by atoms with Gasteiger partial charge in [-0.1, -0.05) is 118 Å². The first kappa shape index (κ1) is 22.9. The van der Waals surface area contributed by atoms with E-state index >= 15 is 0 Å². The second-order valence-corrected chi connectivity index (χ2v) is 8.50. The summed E-state index contributed by atoms with van der Waals surface area (Å²) >= 11 is 0. The molecule has 0 saturated heterocycles. The number of methoxy groups -OCH3 is 1. The maximum atomic E-state index is 5.88. The van der Waals surface area contributed by atoms with Gasteiger partial charge in [0.1, 0.15) is 18.0 Å². The van der Waals surface area contributed by atoms with E-state index in [1.165, 1.54) is 0 Å². The number of hydrogen-bond donors (Lipinski definition) is 0. The van der Waals surface area contributed by atoms with Gasteiger partial charge in [0.05, 0.1) is 0 Å². The molecule has 4 rings (SSSR count). The Bertz CT molecular complexity index is 1010. The fraction of sp³-hybridized carbons (Fsp3) is 0.310. The molecule has 0 aliphatic rings. The molecule has 0 saturated carbocycles. The highest BCUT2D eigenvalue weighted by molar-refractivity contribution is 5.50. The maximum Gasteiger partial charge on any atom is 0.179 e. The molecule has 4 aromatic rings. The fourth-order valence-corrected chi connectivity index (χ4v) is 4.75. The molecule has 33 heavy (non-hydrogen) atoms. The number of aromatic nitrogens is 3. The molecule has 0 N–H and O–H groups in total. The van der Waals surface area contributed by atoms with Gasteiger partial charge in [-0.25, -0.2) is 9.67 Å². The SMILES string of the molecule is CCC(CC)CC(OC)c1ncn(C(c2ccccc2)(c2ccccc2)c2ccccc2)n1. The average Bonchev–Trinajstić information content (AvgIpc) is 3.37. The minimum Gasteiger partial charge on any atom is -0.373 e. The number of hydrogen-bond acceptors (Lipinski definition) is 3. The summed E-state index contributed by atoms with van der Waals surface area (Å²) in [6.07, 6.45) is 4.90. The molecule has 4 heteroatoms. The lowest BCUT2D eigenvalue weighted by atomic mass is 9.77. The van der Waals surface area contributed by atoms with Crippen molar-refractivity contribution in [3.05, 3.63) is 120 Å². The minimum atomic E-state index is -0.651. The molecule has 1 heterocycles. The quantitative estimate of drug-likeness (QED) is 0.260. The van der Waals surface area contributed by atoms with Gasteiger partial charge < -0.3 is 4.74 Å². The van der Waals surface area contributed by atoms with Crippen LogP contribution >= 0.6 is 0 Å². The van der Waals surface area contributed by atoms with Crippen LogP contribution in [0.4, 0.5) is 0 Å². The largest absolute Gasteiger partial charge is 0.373 e. The summed E-state index contributed by atoms with van der Waals surface area (Å²) in [6.45, 7) is 4.47. The lowest BCUT2D eigenvalue weighted by Crippen LogP contribution is -2.38. The van der Waals surface area contributed by atoms with Crippen molar-refractivity contribution in [3.8, 4) is 0 Å². The molecule has 4 nitrogen and oxygen atoms in total. The van der Waals surface area contributed by atoms with E-state index in [1.807, 2.05) is 29.2 Å². The predicted molar refractivity (Wildman–Crippen MR) is 133 cm³/mol. The Kier molecular flexibility index (Phi) is 7.36. The normalized spacial score (nSPS) is 12.7. The zero-order chi connectivity index (χ0) is 23.1. The first-order chi connectivity index (χ1) is 16.2. The molecular formula is C29H33N3O. The van der Waals surface area contributed by atoms with Gasteiger partial charge in [0.25, 0.3) is 0 Å². The van der Waals surface area contributed by atoms with E-state index in [2.05, 4.69) is 86.6 Å². The first-order valence-electron chi connectivity index (χ1n) is 11.8. The van der Waals surface area contributed by atoms with Gasteiger partial charge in [-0.05, 0) is 29.0 Å². The highest BCUT2D eigenvalue weighted by atomic mass is 16.5. The van der Waals surface area contributed by atoms with Crippen LogP contribution in [0.3, 0.4) is 0 Å². The van der Waals surface area contributed by atoms with Crippen LogP contribution in [0.25, 0.3) is 0 Å². The zero-order valence-electron chi connectivity index (χ0n) is 19.8. The van der Waals surface area contributed by atoms with Gasteiger partial charge in [-0.3, -0.25) is 0 Å². The minimum absolute atomic E-state index is 0.129. The van der Waals surface area contributed by atoms with Gasteiger partial charge in [-0.2, -0.15) is 5.10 Å². The average molecular weight is 440 g/mol. The van der Waals surface area contributed by atoms with Crippen LogP contribution in [0, 0.1) is 5.92 Å². The molecular weight excluding hydrogens is 406 g/mol. The van der Waals surface area contributed by atoms with E-state index in [9.17, 15) is 0 Å². The molecule has 0 bridgehead atoms. The van der Waals surface area contributed by atoms with Crippen molar-refractivity contribution in [1.29, 1.82) is 0 Å². The molecule has 3 aromatic carbocycles. The third-order valence-corrected chi connectivity index (χ3v) is 6.70. The summed E-state index contributed by atoms with van der Waals surface area (Å²) < 4.78 is 7.89. The summed E-state index contributed by atoms with van der Waals surface area (Å²) in [5.41, 5.74) is 2.75. The summed E-state index contributed by atoms with van der Waals surface area (Å²) in [4.78, 5) is 4.78. The molecule has 0 spiro atoms. The lowest BCUT2D eigenvalue weighted by molar-refractivity contribution is 0.0712. The Morgan fingerprint density at radius 2 is 1.21 bits per heavy atom. The van der Waals surface area contributed by atoms with Crippen LogP contribution in [-0.2, 0) is 10.3 Å². The molecule has 1 aromatic heterocycles. The molecule has 0 aliphatic carbocycles. The highest BCUT2D eigenvalue weighted by Crippen LogP contribution is 2.40. The molecule has 1 unspecified atom stereocenters. The van der Waals surface area contributed by atoms with Crippen molar-refractivity contribution in [2.24, 2.45) is 5.92 Å². The van der Waals surface area contributed by atoms with Gasteiger partial charge in [0.2, 0.25) is 0 Å². The van der Waals surface area contributed by atoms with Gasteiger partial charge in [0, 0.05) is 7.11 Å². The lowest BCUT2D eigenvalue weighted by Gasteiger charge is -2.36. The maximum absolute atomic E-state index is 5.88. The number of rotatable bonds is 10. The van der Waals surface area contributed by atoms with Gasteiger partial charge in [0.15, 0.2) is 5.82 Å². The second-order valence-electron chi connectivity index (χ2n) is 8.50. The topological polar surface area (TPSA) is 39.9 Å². The van der Waals surface area contributed by atoms with Crippen LogP contribution in [-0.4, -0.2) is 21.9 Å². The summed E-state index contributed by atoms with van der Waals surface area (Å²) in [6, 6.07) is 31.6. The smallest absolute Gasteiger partial charge is 0.179 e. The van der Waals surface area contributed by atoms with E-state index in [0.717, 1.165) is 41.8 Å². The molecule has 0 radical (unpaired) electrons. The molecule has 170 valence electrons. The Morgan fingerprint density at radius 3 is 1.61 bits per heavy atom.